The molecule has 17 heavy (non-hydrogen) atoms. The highest BCUT2D eigenvalue weighted by molar-refractivity contribution is 9.10. The number of allylic oxidation sites excluding steroid dienone is 2. The molecular weight excluding hydrogens is 278 g/mol. The molecule has 1 aromatic rings. The average molecular weight is 294 g/mol. The number of nitrogens with two attached hydrogens (primary N) is 1. The lowest BCUT2D eigenvalue weighted by atomic mass is 9.99. The van der Waals surface area contributed by atoms with Crippen LogP contribution in [0.1, 0.15) is 42.5 Å². The van der Waals surface area contributed by atoms with Gasteiger partial charge in [0.1, 0.15) is 0 Å². The Labute approximate surface area is 110 Å². The van der Waals surface area contributed by atoms with Crippen LogP contribution in [-0.4, -0.2) is 5.78 Å². The fourth-order valence-electron chi connectivity index (χ4n) is 2.07. The van der Waals surface area contributed by atoms with E-state index in [1.54, 1.807) is 12.1 Å². The van der Waals surface area contributed by atoms with E-state index in [0.29, 0.717) is 5.69 Å². The van der Waals surface area contributed by atoms with Gasteiger partial charge in [-0.1, -0.05) is 12.5 Å². The summed E-state index contributed by atoms with van der Waals surface area (Å²) in [6.45, 7) is 0. The highest BCUT2D eigenvalue weighted by Crippen LogP contribution is 2.25. The summed E-state index contributed by atoms with van der Waals surface area (Å²) in [4.78, 5) is 12.3. The Morgan fingerprint density at radius 3 is 2.82 bits per heavy atom. The van der Waals surface area contributed by atoms with E-state index in [-0.39, 0.29) is 5.78 Å². The monoisotopic (exact) mass is 293 g/mol. The predicted molar refractivity (Wildman–Crippen MR) is 74.1 cm³/mol. The number of hydrogen-bond donors (Lipinski definition) is 1. The van der Waals surface area contributed by atoms with Crippen LogP contribution in [0.25, 0.3) is 0 Å². The van der Waals surface area contributed by atoms with Crippen LogP contribution in [0.4, 0.5) is 5.69 Å². The van der Waals surface area contributed by atoms with Crippen LogP contribution in [0.3, 0.4) is 0 Å². The van der Waals surface area contributed by atoms with Crippen LogP contribution in [0.5, 0.6) is 0 Å². The van der Waals surface area contributed by atoms with Crippen molar-refractivity contribution in [2.75, 3.05) is 5.73 Å². The molecule has 0 saturated heterocycles. The summed E-state index contributed by atoms with van der Waals surface area (Å²) in [7, 11) is 0. The minimum atomic E-state index is 0.146. The number of carbonyl (C=O) groups is 1. The third-order valence-corrected chi connectivity index (χ3v) is 3.78. The molecule has 3 heteroatoms. The number of ketones is 1. The van der Waals surface area contributed by atoms with Gasteiger partial charge in [-0.05, 0) is 65.4 Å². The largest absolute Gasteiger partial charge is 0.398 e. The molecule has 0 heterocycles. The van der Waals surface area contributed by atoms with Crippen LogP contribution < -0.4 is 5.73 Å². The first-order chi connectivity index (χ1) is 8.18. The van der Waals surface area contributed by atoms with Gasteiger partial charge in [-0.2, -0.15) is 0 Å². The second-order valence-corrected chi connectivity index (χ2v) is 5.25. The van der Waals surface area contributed by atoms with E-state index in [1.807, 2.05) is 6.07 Å². The Balaban J connectivity index is 2.23. The molecule has 0 unspecified atom stereocenters. The van der Waals surface area contributed by atoms with Crippen LogP contribution in [0, 0.1) is 0 Å². The lowest BCUT2D eigenvalue weighted by Gasteiger charge is -2.06. The number of hydrogen-bond acceptors (Lipinski definition) is 2. The van der Waals surface area contributed by atoms with Crippen molar-refractivity contribution in [1.29, 1.82) is 0 Å². The molecule has 2 nitrogen and oxygen atoms in total. The maximum atomic E-state index is 12.3. The minimum Gasteiger partial charge on any atom is -0.398 e. The van der Waals surface area contributed by atoms with Gasteiger partial charge in [0.2, 0.25) is 0 Å². The van der Waals surface area contributed by atoms with E-state index in [2.05, 4.69) is 22.0 Å². The summed E-state index contributed by atoms with van der Waals surface area (Å²) >= 11 is 3.36. The van der Waals surface area contributed by atoms with Gasteiger partial charge in [0.05, 0.1) is 0 Å². The molecule has 1 aromatic carbocycles. The van der Waals surface area contributed by atoms with Crippen molar-refractivity contribution in [3.8, 4) is 0 Å². The van der Waals surface area contributed by atoms with Crippen molar-refractivity contribution in [1.82, 2.24) is 0 Å². The normalized spacial score (nSPS) is 16.2. The maximum Gasteiger partial charge on any atom is 0.188 e. The summed E-state index contributed by atoms with van der Waals surface area (Å²) in [5.74, 6) is 0.146. The second kappa shape index (κ2) is 5.50. The molecule has 2 N–H and O–H groups in total. The molecule has 0 fully saturated rings. The van der Waals surface area contributed by atoms with Crippen molar-refractivity contribution in [2.24, 2.45) is 0 Å². The lowest BCUT2D eigenvalue weighted by molar-refractivity contribution is 0.103. The summed E-state index contributed by atoms with van der Waals surface area (Å²) in [5, 5.41) is 0. The van der Waals surface area contributed by atoms with E-state index in [0.717, 1.165) is 34.9 Å². The molecule has 0 aliphatic heterocycles. The molecule has 90 valence electrons. The number of carbonyl (C=O) groups excluding carboxylic acids is 1. The summed E-state index contributed by atoms with van der Waals surface area (Å²) < 4.78 is 0.789. The van der Waals surface area contributed by atoms with E-state index in [9.17, 15) is 4.79 Å². The van der Waals surface area contributed by atoms with Gasteiger partial charge in [-0.3, -0.25) is 4.79 Å². The molecular formula is C14H16BrNO. The Hall–Kier alpha value is -1.09. The zero-order chi connectivity index (χ0) is 12.3. The Morgan fingerprint density at radius 1 is 1.24 bits per heavy atom. The summed E-state index contributed by atoms with van der Waals surface area (Å²) in [6.07, 6.45) is 7.56. The zero-order valence-corrected chi connectivity index (χ0v) is 11.3. The smallest absolute Gasteiger partial charge is 0.188 e. The molecule has 1 aliphatic carbocycles. The van der Waals surface area contributed by atoms with E-state index in [4.69, 9.17) is 5.73 Å². The van der Waals surface area contributed by atoms with Crippen molar-refractivity contribution >= 4 is 27.4 Å². The molecule has 0 bridgehead atoms. The Bertz CT molecular complexity index is 465. The van der Waals surface area contributed by atoms with Gasteiger partial charge in [0.15, 0.2) is 5.78 Å². The second-order valence-electron chi connectivity index (χ2n) is 4.39. The Morgan fingerprint density at radius 2 is 2.06 bits per heavy atom. The highest BCUT2D eigenvalue weighted by atomic mass is 79.9. The molecule has 0 amide bonds. The van der Waals surface area contributed by atoms with Crippen LogP contribution in [0.2, 0.25) is 0 Å². The molecule has 0 saturated carbocycles. The third-order valence-electron chi connectivity index (χ3n) is 3.10. The number of benzene rings is 1. The van der Waals surface area contributed by atoms with E-state index >= 15 is 0 Å². The molecule has 0 spiro atoms. The number of anilines is 1. The van der Waals surface area contributed by atoms with Gasteiger partial charge in [0.25, 0.3) is 0 Å². The molecule has 0 radical (unpaired) electrons. The standard InChI is InChI=1S/C14H16BrNO/c15-12-9-11(7-8-13(12)16)14(17)10-5-3-1-2-4-6-10/h5,7-9H,1-4,6,16H2. The van der Waals surface area contributed by atoms with Crippen LogP contribution in [0.15, 0.2) is 34.3 Å². The SMILES string of the molecule is Nc1ccc(C(=O)C2=CCCCCC2)cc1Br. The Kier molecular flexibility index (Phi) is 4.00. The van der Waals surface area contributed by atoms with Gasteiger partial charge < -0.3 is 5.73 Å². The van der Waals surface area contributed by atoms with Gasteiger partial charge in [0, 0.05) is 15.7 Å². The zero-order valence-electron chi connectivity index (χ0n) is 9.71. The van der Waals surface area contributed by atoms with Crippen molar-refractivity contribution in [2.45, 2.75) is 32.1 Å². The minimum absolute atomic E-state index is 0.146. The molecule has 2 rings (SSSR count). The first-order valence-electron chi connectivity index (χ1n) is 5.97. The quantitative estimate of drug-likeness (QED) is 0.659. The molecule has 0 atom stereocenters. The lowest BCUT2D eigenvalue weighted by Crippen LogP contribution is -2.04. The average Bonchev–Trinajstić information content (AvgIpc) is 2.60. The van der Waals surface area contributed by atoms with Gasteiger partial charge in [-0.25, -0.2) is 0 Å². The maximum absolute atomic E-state index is 12.3. The fraction of sp³-hybridized carbons (Fsp3) is 0.357. The molecule has 0 aromatic heterocycles. The highest BCUT2D eigenvalue weighted by Gasteiger charge is 2.14. The topological polar surface area (TPSA) is 43.1 Å². The fourth-order valence-corrected chi connectivity index (χ4v) is 2.45. The van der Waals surface area contributed by atoms with E-state index in [1.165, 1.54) is 12.8 Å². The number of nitrogen functional groups attached to an aromatic ring is 1. The third kappa shape index (κ3) is 2.97. The van der Waals surface area contributed by atoms with E-state index < -0.39 is 0 Å². The number of Topliss-reactive ketones (excluding diaryl/α,β-unsaturated/α-hetero) is 1. The van der Waals surface area contributed by atoms with Crippen LogP contribution in [-0.2, 0) is 0 Å². The number of halogens is 1. The summed E-state index contributed by atoms with van der Waals surface area (Å²) in [5.41, 5.74) is 8.06. The summed E-state index contributed by atoms with van der Waals surface area (Å²) in [6, 6.07) is 5.38. The first kappa shape index (κ1) is 12.4. The first-order valence-corrected chi connectivity index (χ1v) is 6.76. The van der Waals surface area contributed by atoms with Crippen molar-refractivity contribution in [3.63, 3.8) is 0 Å². The van der Waals surface area contributed by atoms with Gasteiger partial charge in [-0.15, -0.1) is 0 Å². The number of rotatable bonds is 2. The molecule has 1 aliphatic rings. The van der Waals surface area contributed by atoms with Crippen molar-refractivity contribution < 1.29 is 4.79 Å². The predicted octanol–water partition coefficient (Wildman–Crippen LogP) is 4.10. The van der Waals surface area contributed by atoms with Crippen LogP contribution >= 0.6 is 15.9 Å². The van der Waals surface area contributed by atoms with Gasteiger partial charge >= 0.3 is 0 Å². The van der Waals surface area contributed by atoms with Crippen molar-refractivity contribution in [3.05, 3.63) is 39.9 Å².